The highest BCUT2D eigenvalue weighted by Gasteiger charge is 2.34. The molecule has 1 aliphatic heterocycles. The lowest BCUT2D eigenvalue weighted by atomic mass is 9.97. The molecule has 0 aromatic heterocycles. The van der Waals surface area contributed by atoms with Crippen molar-refractivity contribution in [2.24, 2.45) is 5.92 Å². The van der Waals surface area contributed by atoms with Gasteiger partial charge in [-0.3, -0.25) is 0 Å². The maximum atomic E-state index is 12.8. The molecule has 4 nitrogen and oxygen atoms in total. The fourth-order valence-electron chi connectivity index (χ4n) is 2.50. The van der Waals surface area contributed by atoms with E-state index in [0.29, 0.717) is 23.5 Å². The van der Waals surface area contributed by atoms with Crippen molar-refractivity contribution < 1.29 is 13.2 Å². The first-order chi connectivity index (χ1) is 9.90. The molecular formula is C14H19BrClNO3S. The van der Waals surface area contributed by atoms with E-state index in [-0.39, 0.29) is 16.9 Å². The number of methoxy groups -OCH3 is 1. The van der Waals surface area contributed by atoms with E-state index in [4.69, 9.17) is 16.3 Å². The van der Waals surface area contributed by atoms with Crippen LogP contribution >= 0.6 is 27.5 Å². The van der Waals surface area contributed by atoms with Gasteiger partial charge in [-0.1, -0.05) is 13.0 Å². The molecule has 0 spiro atoms. The van der Waals surface area contributed by atoms with Crippen LogP contribution in [0.4, 0.5) is 0 Å². The number of hydrogen-bond acceptors (Lipinski definition) is 3. The minimum absolute atomic E-state index is 0.0662. The Hall–Kier alpha value is -0.140. The van der Waals surface area contributed by atoms with Crippen molar-refractivity contribution >= 4 is 37.6 Å². The van der Waals surface area contributed by atoms with Gasteiger partial charge in [0, 0.05) is 30.6 Å². The van der Waals surface area contributed by atoms with Crippen molar-refractivity contribution in [1.82, 2.24) is 4.31 Å². The Morgan fingerprint density at radius 3 is 2.81 bits per heavy atom. The first kappa shape index (κ1) is 17.2. The molecule has 2 rings (SSSR count). The number of rotatable bonds is 4. The van der Waals surface area contributed by atoms with Crippen LogP contribution in [0.1, 0.15) is 18.9 Å². The van der Waals surface area contributed by atoms with Gasteiger partial charge in [0.2, 0.25) is 10.0 Å². The van der Waals surface area contributed by atoms with Crippen molar-refractivity contribution in [3.05, 3.63) is 28.2 Å². The van der Waals surface area contributed by atoms with Gasteiger partial charge in [0.05, 0.1) is 11.0 Å². The van der Waals surface area contributed by atoms with Gasteiger partial charge < -0.3 is 4.74 Å². The molecule has 1 saturated heterocycles. The third-order valence-corrected chi connectivity index (χ3v) is 7.09. The Bertz CT molecular complexity index is 608. The Labute approximate surface area is 139 Å². The van der Waals surface area contributed by atoms with Crippen LogP contribution in [0.2, 0.25) is 0 Å². The quantitative estimate of drug-likeness (QED) is 0.734. The molecule has 0 radical (unpaired) electrons. The summed E-state index contributed by atoms with van der Waals surface area (Å²) in [6.45, 7) is 2.99. The van der Waals surface area contributed by atoms with Crippen LogP contribution in [0.25, 0.3) is 0 Å². The zero-order valence-corrected chi connectivity index (χ0v) is 15.2. The minimum atomic E-state index is -3.54. The molecule has 2 unspecified atom stereocenters. The van der Waals surface area contributed by atoms with E-state index in [0.717, 1.165) is 12.0 Å². The van der Waals surface area contributed by atoms with E-state index in [1.54, 1.807) is 19.2 Å². The lowest BCUT2D eigenvalue weighted by molar-refractivity contribution is 0.0183. The molecule has 0 saturated carbocycles. The van der Waals surface area contributed by atoms with Crippen LogP contribution in [0, 0.1) is 5.92 Å². The number of ether oxygens (including phenoxy) is 1. The smallest absolute Gasteiger partial charge is 0.244 e. The van der Waals surface area contributed by atoms with E-state index in [9.17, 15) is 8.42 Å². The van der Waals surface area contributed by atoms with Crippen molar-refractivity contribution in [1.29, 1.82) is 0 Å². The molecule has 1 aromatic rings. The van der Waals surface area contributed by atoms with E-state index < -0.39 is 10.0 Å². The van der Waals surface area contributed by atoms with E-state index in [1.807, 2.05) is 6.07 Å². The monoisotopic (exact) mass is 395 g/mol. The number of benzene rings is 1. The number of nitrogens with zero attached hydrogens (tertiary/aromatic N) is 1. The summed E-state index contributed by atoms with van der Waals surface area (Å²) < 4.78 is 33.1. The standard InChI is InChI=1S/C14H19BrClNO3S/c1-10-5-6-17(9-13(10)20-2)21(18,19)14-7-11(8-16)3-4-12(14)15/h3-4,7,10,13H,5-6,8-9H2,1-2H3. The molecule has 21 heavy (non-hydrogen) atoms. The molecule has 1 aliphatic rings. The van der Waals surface area contributed by atoms with Crippen LogP contribution in [0.3, 0.4) is 0 Å². The van der Waals surface area contributed by atoms with Crippen LogP contribution in [0.5, 0.6) is 0 Å². The van der Waals surface area contributed by atoms with Crippen LogP contribution in [0.15, 0.2) is 27.6 Å². The Morgan fingerprint density at radius 1 is 1.48 bits per heavy atom. The van der Waals surface area contributed by atoms with Gasteiger partial charge in [-0.05, 0) is 46.0 Å². The fraction of sp³-hybridized carbons (Fsp3) is 0.571. The molecule has 0 N–H and O–H groups in total. The second-order valence-electron chi connectivity index (χ2n) is 5.30. The number of sulfonamides is 1. The normalized spacial score (nSPS) is 24.2. The predicted octanol–water partition coefficient (Wildman–Crippen LogP) is 3.23. The molecule has 118 valence electrons. The minimum Gasteiger partial charge on any atom is -0.380 e. The van der Waals surface area contributed by atoms with Crippen LogP contribution in [-0.2, 0) is 20.6 Å². The van der Waals surface area contributed by atoms with Gasteiger partial charge in [0.25, 0.3) is 0 Å². The first-order valence-electron chi connectivity index (χ1n) is 6.77. The zero-order chi connectivity index (χ0) is 15.6. The van der Waals surface area contributed by atoms with E-state index in [2.05, 4.69) is 22.9 Å². The van der Waals surface area contributed by atoms with Crippen molar-refractivity contribution in [3.8, 4) is 0 Å². The average molecular weight is 397 g/mol. The molecule has 0 aliphatic carbocycles. The Morgan fingerprint density at radius 2 is 2.19 bits per heavy atom. The molecule has 2 atom stereocenters. The topological polar surface area (TPSA) is 46.6 Å². The number of piperidine rings is 1. The second kappa shape index (κ2) is 6.96. The van der Waals surface area contributed by atoms with Gasteiger partial charge in [0.15, 0.2) is 0 Å². The highest BCUT2D eigenvalue weighted by atomic mass is 79.9. The van der Waals surface area contributed by atoms with Crippen LogP contribution in [-0.4, -0.2) is 39.0 Å². The summed E-state index contributed by atoms with van der Waals surface area (Å²) in [5.41, 5.74) is 0.784. The van der Waals surface area contributed by atoms with Gasteiger partial charge in [-0.15, -0.1) is 11.6 Å². The number of halogens is 2. The summed E-state index contributed by atoms with van der Waals surface area (Å²) in [5.74, 6) is 0.645. The summed E-state index contributed by atoms with van der Waals surface area (Å²) in [6.07, 6.45) is 0.730. The molecule has 1 heterocycles. The maximum Gasteiger partial charge on any atom is 0.244 e. The third-order valence-electron chi connectivity index (χ3n) is 3.92. The maximum absolute atomic E-state index is 12.8. The third kappa shape index (κ3) is 3.62. The molecule has 1 aromatic carbocycles. The zero-order valence-electron chi connectivity index (χ0n) is 12.1. The summed E-state index contributed by atoms with van der Waals surface area (Å²) in [7, 11) is -1.92. The SMILES string of the molecule is COC1CN(S(=O)(=O)c2cc(CCl)ccc2Br)CCC1C. The Balaban J connectivity index is 2.34. The highest BCUT2D eigenvalue weighted by molar-refractivity contribution is 9.10. The molecule has 7 heteroatoms. The fourth-order valence-corrected chi connectivity index (χ4v) is 5.11. The molecular weight excluding hydrogens is 378 g/mol. The van der Waals surface area contributed by atoms with Gasteiger partial charge in [0.1, 0.15) is 0 Å². The summed E-state index contributed by atoms with van der Waals surface area (Å²) in [6, 6.07) is 5.17. The van der Waals surface area contributed by atoms with Gasteiger partial charge >= 0.3 is 0 Å². The predicted molar refractivity (Wildman–Crippen MR) is 87.0 cm³/mol. The summed E-state index contributed by atoms with van der Waals surface area (Å²) in [5, 5.41) is 0. The lowest BCUT2D eigenvalue weighted by Gasteiger charge is -2.35. The molecule has 0 bridgehead atoms. The molecule has 1 fully saturated rings. The van der Waals surface area contributed by atoms with Gasteiger partial charge in [-0.2, -0.15) is 4.31 Å². The lowest BCUT2D eigenvalue weighted by Crippen LogP contribution is -2.46. The Kier molecular flexibility index (Phi) is 5.71. The van der Waals surface area contributed by atoms with E-state index in [1.165, 1.54) is 4.31 Å². The first-order valence-corrected chi connectivity index (χ1v) is 9.54. The van der Waals surface area contributed by atoms with Crippen LogP contribution < -0.4 is 0 Å². The summed E-state index contributed by atoms with van der Waals surface area (Å²) in [4.78, 5) is 0.269. The van der Waals surface area contributed by atoms with Gasteiger partial charge in [-0.25, -0.2) is 8.42 Å². The largest absolute Gasteiger partial charge is 0.380 e. The second-order valence-corrected chi connectivity index (χ2v) is 8.33. The number of alkyl halides is 1. The van der Waals surface area contributed by atoms with Crippen molar-refractivity contribution in [3.63, 3.8) is 0 Å². The van der Waals surface area contributed by atoms with Crippen molar-refractivity contribution in [2.75, 3.05) is 20.2 Å². The van der Waals surface area contributed by atoms with Crippen molar-refractivity contribution in [2.45, 2.75) is 30.2 Å². The van der Waals surface area contributed by atoms with E-state index >= 15 is 0 Å². The summed E-state index contributed by atoms with van der Waals surface area (Å²) >= 11 is 9.13. The number of hydrogen-bond donors (Lipinski definition) is 0. The molecule has 0 amide bonds. The highest BCUT2D eigenvalue weighted by Crippen LogP contribution is 2.30. The average Bonchev–Trinajstić information content (AvgIpc) is 2.47.